The number of nitrogens with two attached hydrogens (primary N) is 1. The minimum atomic E-state index is -0.693. The van der Waals surface area contributed by atoms with Gasteiger partial charge < -0.3 is 10.8 Å². The van der Waals surface area contributed by atoms with Gasteiger partial charge in [-0.3, -0.25) is 4.79 Å². The lowest BCUT2D eigenvalue weighted by Gasteiger charge is -2.04. The topological polar surface area (TPSA) is 63.3 Å². The van der Waals surface area contributed by atoms with E-state index in [2.05, 4.69) is 13.8 Å². The van der Waals surface area contributed by atoms with E-state index < -0.39 is 5.97 Å². The van der Waals surface area contributed by atoms with Gasteiger partial charge in [-0.1, -0.05) is 84.5 Å². The third-order valence-corrected chi connectivity index (χ3v) is 3.76. The fourth-order valence-electron chi connectivity index (χ4n) is 2.28. The van der Waals surface area contributed by atoms with E-state index in [9.17, 15) is 4.79 Å². The summed E-state index contributed by atoms with van der Waals surface area (Å²) in [6.07, 6.45) is 17.4. The first kappa shape index (κ1) is 23.7. The van der Waals surface area contributed by atoms with Crippen LogP contribution in [0.15, 0.2) is 0 Å². The summed E-state index contributed by atoms with van der Waals surface area (Å²) in [5.41, 5.74) is 5.70. The fourth-order valence-corrected chi connectivity index (χ4v) is 2.28. The predicted octanol–water partition coefficient (Wildman–Crippen LogP) is 5.91. The molecule has 0 amide bonds. The molecule has 3 heteroatoms. The van der Waals surface area contributed by atoms with Crippen LogP contribution in [0.4, 0.5) is 0 Å². The number of carboxylic acids is 1. The van der Waals surface area contributed by atoms with E-state index in [4.69, 9.17) is 10.8 Å². The molecule has 0 spiro atoms. The summed E-state index contributed by atoms with van der Waals surface area (Å²) in [6, 6.07) is 0.402. The smallest absolute Gasteiger partial charge is 0.303 e. The van der Waals surface area contributed by atoms with E-state index >= 15 is 0 Å². The summed E-state index contributed by atoms with van der Waals surface area (Å²) in [5, 5.41) is 8.04. The average molecular weight is 316 g/mol. The molecule has 134 valence electrons. The Labute approximate surface area is 139 Å². The maximum absolute atomic E-state index is 9.76. The van der Waals surface area contributed by atoms with Gasteiger partial charge in [0.1, 0.15) is 0 Å². The van der Waals surface area contributed by atoms with Crippen molar-refractivity contribution in [3.05, 3.63) is 0 Å². The van der Waals surface area contributed by atoms with E-state index in [1.807, 2.05) is 6.92 Å². The van der Waals surface area contributed by atoms with Gasteiger partial charge in [0.25, 0.3) is 0 Å². The zero-order valence-electron chi connectivity index (χ0n) is 15.4. The molecule has 0 saturated heterocycles. The highest BCUT2D eigenvalue weighted by atomic mass is 16.4. The molecule has 0 heterocycles. The van der Waals surface area contributed by atoms with Crippen LogP contribution in [-0.4, -0.2) is 17.1 Å². The Balaban J connectivity index is 0. The van der Waals surface area contributed by atoms with Gasteiger partial charge in [-0.15, -0.1) is 0 Å². The summed E-state index contributed by atoms with van der Waals surface area (Å²) in [6.45, 7) is 6.36. The maximum Gasteiger partial charge on any atom is 0.303 e. The van der Waals surface area contributed by atoms with Crippen molar-refractivity contribution in [3.8, 4) is 0 Å². The van der Waals surface area contributed by atoms with Crippen molar-refractivity contribution >= 4 is 5.97 Å². The molecule has 0 aromatic carbocycles. The van der Waals surface area contributed by atoms with Crippen LogP contribution in [0.25, 0.3) is 0 Å². The Morgan fingerprint density at radius 2 is 1.23 bits per heavy atom. The highest BCUT2D eigenvalue weighted by Gasteiger charge is 1.95. The van der Waals surface area contributed by atoms with Gasteiger partial charge in [-0.05, 0) is 19.8 Å². The first-order valence-electron chi connectivity index (χ1n) is 9.51. The monoisotopic (exact) mass is 315 g/mol. The minimum Gasteiger partial charge on any atom is -0.481 e. The van der Waals surface area contributed by atoms with Crippen LogP contribution in [0.2, 0.25) is 0 Å². The van der Waals surface area contributed by atoms with Gasteiger partial charge in [0, 0.05) is 12.5 Å². The Hall–Kier alpha value is -0.570. The first-order valence-corrected chi connectivity index (χ1v) is 9.51. The molecule has 0 bridgehead atoms. The Bertz CT molecular complexity index is 217. The maximum atomic E-state index is 9.76. The van der Waals surface area contributed by atoms with Crippen LogP contribution in [0, 0.1) is 0 Å². The van der Waals surface area contributed by atoms with Crippen molar-refractivity contribution in [3.63, 3.8) is 0 Å². The molecule has 0 aliphatic rings. The lowest BCUT2D eigenvalue weighted by molar-refractivity contribution is -0.137. The number of aliphatic carboxylic acids is 1. The van der Waals surface area contributed by atoms with Crippen LogP contribution in [0.3, 0.4) is 0 Å². The molecule has 0 aliphatic heterocycles. The third kappa shape index (κ3) is 27.7. The van der Waals surface area contributed by atoms with E-state index in [0.29, 0.717) is 12.5 Å². The van der Waals surface area contributed by atoms with Crippen LogP contribution in [0.5, 0.6) is 0 Å². The molecule has 3 nitrogen and oxygen atoms in total. The van der Waals surface area contributed by atoms with E-state index in [-0.39, 0.29) is 0 Å². The molecular weight excluding hydrogens is 274 g/mol. The lowest BCUT2D eigenvalue weighted by atomic mass is 10.0. The molecule has 1 atom stereocenters. The van der Waals surface area contributed by atoms with Crippen LogP contribution >= 0.6 is 0 Å². The van der Waals surface area contributed by atoms with Gasteiger partial charge in [0.15, 0.2) is 0 Å². The number of hydrogen-bond acceptors (Lipinski definition) is 2. The third-order valence-electron chi connectivity index (χ3n) is 3.76. The fraction of sp³-hybridized carbons (Fsp3) is 0.947. The highest BCUT2D eigenvalue weighted by Crippen LogP contribution is 2.11. The van der Waals surface area contributed by atoms with Gasteiger partial charge in [0.05, 0.1) is 0 Å². The predicted molar refractivity (Wildman–Crippen MR) is 97.3 cm³/mol. The molecule has 1 unspecified atom stereocenters. The van der Waals surface area contributed by atoms with Gasteiger partial charge in [-0.2, -0.15) is 0 Å². The normalized spacial score (nSPS) is 11.6. The molecule has 0 rings (SSSR count). The molecule has 0 aliphatic carbocycles. The molecule has 0 fully saturated rings. The van der Waals surface area contributed by atoms with Crippen molar-refractivity contribution in [2.45, 2.75) is 117 Å². The Morgan fingerprint density at radius 1 is 0.818 bits per heavy atom. The van der Waals surface area contributed by atoms with Crippen molar-refractivity contribution < 1.29 is 9.90 Å². The summed E-state index contributed by atoms with van der Waals surface area (Å²) in [4.78, 5) is 9.76. The number of hydrogen-bond donors (Lipinski definition) is 2. The summed E-state index contributed by atoms with van der Waals surface area (Å²) >= 11 is 0. The number of unbranched alkanes of at least 4 members (excludes halogenated alkanes) is 10. The van der Waals surface area contributed by atoms with Gasteiger partial charge in [0.2, 0.25) is 0 Å². The van der Waals surface area contributed by atoms with E-state index in [0.717, 1.165) is 12.8 Å². The molecule has 0 radical (unpaired) electrons. The SMILES string of the molecule is CCCCC(=O)O.CCCCCCCCCCCCC(C)N. The summed E-state index contributed by atoms with van der Waals surface area (Å²) in [7, 11) is 0. The summed E-state index contributed by atoms with van der Waals surface area (Å²) < 4.78 is 0. The first-order chi connectivity index (χ1) is 10.5. The van der Waals surface area contributed by atoms with Crippen LogP contribution in [-0.2, 0) is 4.79 Å². The number of carbonyl (C=O) groups is 1. The summed E-state index contributed by atoms with van der Waals surface area (Å²) in [5.74, 6) is -0.693. The molecular formula is C19H41NO2. The van der Waals surface area contributed by atoms with Gasteiger partial charge >= 0.3 is 5.97 Å². The highest BCUT2D eigenvalue weighted by molar-refractivity contribution is 5.66. The zero-order chi connectivity index (χ0) is 17.1. The molecule has 0 saturated carbocycles. The Morgan fingerprint density at radius 3 is 1.55 bits per heavy atom. The van der Waals surface area contributed by atoms with Crippen molar-refractivity contribution in [1.82, 2.24) is 0 Å². The molecule has 0 aromatic rings. The largest absolute Gasteiger partial charge is 0.481 e. The lowest BCUT2D eigenvalue weighted by Crippen LogP contribution is -2.13. The van der Waals surface area contributed by atoms with E-state index in [1.165, 1.54) is 70.6 Å². The number of rotatable bonds is 14. The van der Waals surface area contributed by atoms with Crippen LogP contribution in [0.1, 0.15) is 111 Å². The standard InChI is InChI=1S/C14H31N.C5H10O2/c1-3-4-5-6-7-8-9-10-11-12-13-14(2)15;1-2-3-4-5(6)7/h14H,3-13,15H2,1-2H3;2-4H2,1H3,(H,6,7). The van der Waals surface area contributed by atoms with Gasteiger partial charge in [-0.25, -0.2) is 0 Å². The minimum absolute atomic E-state index is 0.316. The zero-order valence-corrected chi connectivity index (χ0v) is 15.4. The second kappa shape index (κ2) is 20.4. The van der Waals surface area contributed by atoms with Crippen molar-refractivity contribution in [1.29, 1.82) is 0 Å². The Kier molecular flexibility index (Phi) is 22.0. The molecule has 3 N–H and O–H groups in total. The number of carboxylic acid groups (broad SMARTS) is 1. The second-order valence-corrected chi connectivity index (χ2v) is 6.45. The molecule has 0 aromatic heterocycles. The van der Waals surface area contributed by atoms with Crippen molar-refractivity contribution in [2.75, 3.05) is 0 Å². The van der Waals surface area contributed by atoms with Crippen LogP contribution < -0.4 is 5.73 Å². The average Bonchev–Trinajstić information content (AvgIpc) is 2.47. The van der Waals surface area contributed by atoms with E-state index in [1.54, 1.807) is 0 Å². The molecule has 22 heavy (non-hydrogen) atoms. The van der Waals surface area contributed by atoms with Crippen molar-refractivity contribution in [2.24, 2.45) is 5.73 Å². The second-order valence-electron chi connectivity index (χ2n) is 6.45. The quantitative estimate of drug-likeness (QED) is 0.392.